The number of fused-ring (bicyclic) bond motifs is 3. The first-order valence-electron chi connectivity index (χ1n) is 9.23. The topological polar surface area (TPSA) is 86.8 Å². The largest absolute Gasteiger partial charge is 0.385 e. The molecule has 0 radical (unpaired) electrons. The molecule has 1 aliphatic rings. The standard InChI is InChI=1S/C20H23N5O/c1-13(26)20-24-18-12-23-17-6-3-2-5-16(17)19(18)25(20)15-8-7-14(11-15)22-10-4-9-21/h2-3,5-6,12-15,22,26H,4,7-8,10-11H2,1H3/t13-,14?,15?/m1/s1. The second-order valence-corrected chi connectivity index (χ2v) is 7.05. The summed E-state index contributed by atoms with van der Waals surface area (Å²) in [6.07, 6.45) is 4.78. The molecule has 0 bridgehead atoms. The zero-order valence-electron chi connectivity index (χ0n) is 14.9. The van der Waals surface area contributed by atoms with Crippen LogP contribution in [0.1, 0.15) is 50.6 Å². The van der Waals surface area contributed by atoms with Crippen LogP contribution in [-0.4, -0.2) is 32.2 Å². The lowest BCUT2D eigenvalue weighted by atomic mass is 10.1. The summed E-state index contributed by atoms with van der Waals surface area (Å²) in [5, 5.41) is 23.6. The molecule has 6 heteroatoms. The Morgan fingerprint density at radius 2 is 2.19 bits per heavy atom. The predicted octanol–water partition coefficient (Wildman–Crippen LogP) is 3.23. The summed E-state index contributed by atoms with van der Waals surface area (Å²) in [4.78, 5) is 9.21. The van der Waals surface area contributed by atoms with Crippen molar-refractivity contribution in [2.75, 3.05) is 6.54 Å². The number of aliphatic hydroxyl groups excluding tert-OH is 1. The number of nitriles is 1. The minimum atomic E-state index is -0.633. The van der Waals surface area contributed by atoms with Crippen LogP contribution in [0, 0.1) is 11.3 Å². The quantitative estimate of drug-likeness (QED) is 0.691. The van der Waals surface area contributed by atoms with Crippen LogP contribution in [0.4, 0.5) is 0 Å². The molecule has 26 heavy (non-hydrogen) atoms. The van der Waals surface area contributed by atoms with E-state index in [0.717, 1.165) is 47.7 Å². The van der Waals surface area contributed by atoms with Crippen molar-refractivity contribution < 1.29 is 5.11 Å². The van der Waals surface area contributed by atoms with E-state index in [0.29, 0.717) is 18.3 Å². The van der Waals surface area contributed by atoms with Crippen LogP contribution in [-0.2, 0) is 0 Å². The number of benzene rings is 1. The van der Waals surface area contributed by atoms with Gasteiger partial charge in [-0.1, -0.05) is 18.2 Å². The molecule has 1 aromatic carbocycles. The Bertz CT molecular complexity index is 971. The smallest absolute Gasteiger partial charge is 0.138 e. The van der Waals surface area contributed by atoms with Crippen LogP contribution in [0.25, 0.3) is 21.9 Å². The van der Waals surface area contributed by atoms with E-state index in [9.17, 15) is 5.11 Å². The highest BCUT2D eigenvalue weighted by Crippen LogP contribution is 2.37. The number of nitrogens with zero attached hydrogens (tertiary/aromatic N) is 4. The molecule has 2 heterocycles. The van der Waals surface area contributed by atoms with Gasteiger partial charge in [-0.25, -0.2) is 4.98 Å². The molecule has 4 rings (SSSR count). The lowest BCUT2D eigenvalue weighted by Gasteiger charge is -2.19. The number of imidazole rings is 1. The molecule has 0 saturated heterocycles. The highest BCUT2D eigenvalue weighted by molar-refractivity contribution is 6.02. The second-order valence-electron chi connectivity index (χ2n) is 7.05. The van der Waals surface area contributed by atoms with Gasteiger partial charge in [0.05, 0.1) is 23.3 Å². The molecule has 6 nitrogen and oxygen atoms in total. The Morgan fingerprint density at radius 3 is 3.00 bits per heavy atom. The zero-order chi connectivity index (χ0) is 18.1. The van der Waals surface area contributed by atoms with Crippen molar-refractivity contribution in [1.29, 1.82) is 5.26 Å². The Labute approximate surface area is 152 Å². The lowest BCUT2D eigenvalue weighted by molar-refractivity contribution is 0.181. The fraction of sp³-hybridized carbons (Fsp3) is 0.450. The monoisotopic (exact) mass is 349 g/mol. The summed E-state index contributed by atoms with van der Waals surface area (Å²) in [5.41, 5.74) is 2.84. The van der Waals surface area contributed by atoms with E-state index >= 15 is 0 Å². The van der Waals surface area contributed by atoms with Crippen molar-refractivity contribution >= 4 is 21.9 Å². The zero-order valence-corrected chi connectivity index (χ0v) is 14.9. The molecule has 0 aliphatic heterocycles. The number of rotatable bonds is 5. The minimum absolute atomic E-state index is 0.287. The molecule has 134 valence electrons. The van der Waals surface area contributed by atoms with Gasteiger partial charge < -0.3 is 15.0 Å². The average molecular weight is 349 g/mol. The van der Waals surface area contributed by atoms with Gasteiger partial charge in [0.1, 0.15) is 17.4 Å². The van der Waals surface area contributed by atoms with Gasteiger partial charge >= 0.3 is 0 Å². The van der Waals surface area contributed by atoms with Crippen LogP contribution in [0.5, 0.6) is 0 Å². The third kappa shape index (κ3) is 2.94. The third-order valence-corrected chi connectivity index (χ3v) is 5.26. The molecule has 0 spiro atoms. The third-order valence-electron chi connectivity index (χ3n) is 5.26. The molecule has 2 aromatic heterocycles. The van der Waals surface area contributed by atoms with Gasteiger partial charge in [-0.3, -0.25) is 4.98 Å². The van der Waals surface area contributed by atoms with Gasteiger partial charge in [0.25, 0.3) is 0 Å². The molecular formula is C20H23N5O. The molecule has 0 amide bonds. The van der Waals surface area contributed by atoms with Crippen molar-refractivity contribution in [2.45, 2.75) is 50.8 Å². The van der Waals surface area contributed by atoms with Crippen molar-refractivity contribution in [2.24, 2.45) is 0 Å². The highest BCUT2D eigenvalue weighted by atomic mass is 16.3. The van der Waals surface area contributed by atoms with E-state index in [1.54, 1.807) is 13.1 Å². The van der Waals surface area contributed by atoms with Gasteiger partial charge in [-0.05, 0) is 32.3 Å². The number of hydrogen-bond acceptors (Lipinski definition) is 5. The Morgan fingerprint density at radius 1 is 1.35 bits per heavy atom. The molecular weight excluding hydrogens is 326 g/mol. The SMILES string of the molecule is C[C@@H](O)c1nc2cnc3ccccc3c2n1C1CCC(NCCC#N)C1. The first kappa shape index (κ1) is 17.0. The number of nitrogens with one attached hydrogen (secondary N) is 1. The van der Waals surface area contributed by atoms with Crippen LogP contribution < -0.4 is 5.32 Å². The van der Waals surface area contributed by atoms with Gasteiger partial charge in [0.2, 0.25) is 0 Å². The number of hydrogen-bond donors (Lipinski definition) is 2. The maximum Gasteiger partial charge on any atom is 0.138 e. The molecule has 2 unspecified atom stereocenters. The summed E-state index contributed by atoms with van der Waals surface area (Å²) in [6.45, 7) is 2.50. The fourth-order valence-corrected chi connectivity index (χ4v) is 4.12. The summed E-state index contributed by atoms with van der Waals surface area (Å²) in [7, 11) is 0. The van der Waals surface area contributed by atoms with Gasteiger partial charge in [0, 0.05) is 30.4 Å². The molecule has 3 aromatic rings. The Kier molecular flexibility index (Phi) is 4.58. The van der Waals surface area contributed by atoms with Crippen LogP contribution in [0.15, 0.2) is 30.5 Å². The molecule has 1 aliphatic carbocycles. The van der Waals surface area contributed by atoms with E-state index in [-0.39, 0.29) is 6.04 Å². The molecule has 1 saturated carbocycles. The fourth-order valence-electron chi connectivity index (χ4n) is 4.12. The van der Waals surface area contributed by atoms with Crippen molar-refractivity contribution in [3.05, 3.63) is 36.3 Å². The van der Waals surface area contributed by atoms with Crippen molar-refractivity contribution in [3.8, 4) is 6.07 Å². The summed E-state index contributed by atoms with van der Waals surface area (Å²) >= 11 is 0. The summed E-state index contributed by atoms with van der Waals surface area (Å²) < 4.78 is 2.23. The minimum Gasteiger partial charge on any atom is -0.385 e. The van der Waals surface area contributed by atoms with Gasteiger partial charge in [-0.15, -0.1) is 0 Å². The summed E-state index contributed by atoms with van der Waals surface area (Å²) in [5.74, 6) is 0.709. The van der Waals surface area contributed by atoms with Crippen molar-refractivity contribution in [3.63, 3.8) is 0 Å². The molecule has 3 atom stereocenters. The average Bonchev–Trinajstić information content (AvgIpc) is 3.26. The maximum atomic E-state index is 10.3. The summed E-state index contributed by atoms with van der Waals surface area (Å²) in [6, 6.07) is 11.0. The number of aromatic nitrogens is 3. The van der Waals surface area contributed by atoms with Crippen LogP contribution in [0.3, 0.4) is 0 Å². The molecule has 2 N–H and O–H groups in total. The van der Waals surface area contributed by atoms with Crippen molar-refractivity contribution in [1.82, 2.24) is 19.9 Å². The maximum absolute atomic E-state index is 10.3. The van der Waals surface area contributed by atoms with Gasteiger partial charge in [-0.2, -0.15) is 5.26 Å². The van der Waals surface area contributed by atoms with E-state index in [1.807, 2.05) is 18.2 Å². The lowest BCUT2D eigenvalue weighted by Crippen LogP contribution is -2.27. The Hall–Kier alpha value is -2.49. The number of para-hydroxylation sites is 1. The van der Waals surface area contributed by atoms with Gasteiger partial charge in [0.15, 0.2) is 0 Å². The second kappa shape index (κ2) is 7.02. The first-order valence-corrected chi connectivity index (χ1v) is 9.23. The normalized spacial score (nSPS) is 21.3. The predicted molar refractivity (Wildman–Crippen MR) is 101 cm³/mol. The number of aliphatic hydroxyl groups is 1. The van der Waals surface area contributed by atoms with Crippen LogP contribution in [0.2, 0.25) is 0 Å². The van der Waals surface area contributed by atoms with E-state index in [4.69, 9.17) is 10.2 Å². The van der Waals surface area contributed by atoms with Crippen LogP contribution >= 0.6 is 0 Å². The molecule has 1 fully saturated rings. The van der Waals surface area contributed by atoms with E-state index in [1.165, 1.54) is 0 Å². The highest BCUT2D eigenvalue weighted by Gasteiger charge is 2.30. The van der Waals surface area contributed by atoms with E-state index < -0.39 is 6.10 Å². The number of pyridine rings is 1. The van der Waals surface area contributed by atoms with E-state index in [2.05, 4.69) is 27.0 Å². The first-order chi connectivity index (χ1) is 12.7. The Balaban J connectivity index is 1.77.